The first-order chi connectivity index (χ1) is 10.2. The molecule has 1 fully saturated rings. The Hall–Kier alpha value is -0.200. The molecular weight excluding hydrogens is 268 g/mol. The predicted octanol–water partition coefficient (Wildman–Crippen LogP) is 1.52. The number of rotatable bonds is 12. The average molecular weight is 302 g/mol. The van der Waals surface area contributed by atoms with Gasteiger partial charge in [-0.15, -0.1) is 0 Å². The Balaban J connectivity index is 1.84. The first-order valence-electron chi connectivity index (χ1n) is 8.44. The second-order valence-corrected chi connectivity index (χ2v) is 5.84. The van der Waals surface area contributed by atoms with Gasteiger partial charge < -0.3 is 19.5 Å². The molecule has 0 aromatic rings. The van der Waals surface area contributed by atoms with Crippen LogP contribution in [0.2, 0.25) is 0 Å². The fraction of sp³-hybridized carbons (Fsp3) is 1.00. The van der Waals surface area contributed by atoms with Crippen molar-refractivity contribution in [2.45, 2.75) is 45.7 Å². The van der Waals surface area contributed by atoms with Gasteiger partial charge in [-0.2, -0.15) is 0 Å². The summed E-state index contributed by atoms with van der Waals surface area (Å²) in [4.78, 5) is 2.49. The van der Waals surface area contributed by atoms with Crippen LogP contribution in [0.4, 0.5) is 0 Å². The lowest BCUT2D eigenvalue weighted by Gasteiger charge is -2.37. The Morgan fingerprint density at radius 3 is 2.24 bits per heavy atom. The van der Waals surface area contributed by atoms with Crippen molar-refractivity contribution >= 4 is 0 Å². The number of hydrogen-bond donors (Lipinski definition) is 1. The Labute approximate surface area is 130 Å². The van der Waals surface area contributed by atoms with E-state index in [4.69, 9.17) is 14.2 Å². The molecule has 0 aliphatic carbocycles. The molecule has 1 saturated heterocycles. The zero-order valence-corrected chi connectivity index (χ0v) is 14.1. The summed E-state index contributed by atoms with van der Waals surface area (Å²) in [6.07, 6.45) is 2.31. The molecule has 1 aliphatic rings. The van der Waals surface area contributed by atoms with E-state index < -0.39 is 0 Å². The number of nitrogens with zero attached hydrogens (tertiary/aromatic N) is 1. The Kier molecular flexibility index (Phi) is 11.1. The van der Waals surface area contributed by atoms with Gasteiger partial charge in [0.15, 0.2) is 0 Å². The second kappa shape index (κ2) is 12.4. The van der Waals surface area contributed by atoms with Crippen LogP contribution in [0.5, 0.6) is 0 Å². The summed E-state index contributed by atoms with van der Waals surface area (Å²) in [6, 6.07) is 1.18. The van der Waals surface area contributed by atoms with E-state index in [9.17, 15) is 0 Å². The van der Waals surface area contributed by atoms with Crippen LogP contribution in [0.3, 0.4) is 0 Å². The minimum Gasteiger partial charge on any atom is -0.379 e. The van der Waals surface area contributed by atoms with E-state index in [0.29, 0.717) is 38.5 Å². The van der Waals surface area contributed by atoms with Crippen molar-refractivity contribution < 1.29 is 14.2 Å². The van der Waals surface area contributed by atoms with Crippen molar-refractivity contribution in [1.29, 1.82) is 0 Å². The summed E-state index contributed by atoms with van der Waals surface area (Å²) in [5, 5.41) is 3.49. The second-order valence-electron chi connectivity index (χ2n) is 5.84. The van der Waals surface area contributed by atoms with E-state index in [1.165, 1.54) is 6.42 Å². The molecule has 0 bridgehead atoms. The van der Waals surface area contributed by atoms with Crippen molar-refractivity contribution in [2.75, 3.05) is 59.3 Å². The van der Waals surface area contributed by atoms with Gasteiger partial charge in [-0.05, 0) is 20.3 Å². The van der Waals surface area contributed by atoms with E-state index in [1.54, 1.807) is 0 Å². The lowest BCUT2D eigenvalue weighted by atomic mass is 10.1. The number of piperazine rings is 1. The minimum atomic E-state index is 0.581. The van der Waals surface area contributed by atoms with Gasteiger partial charge in [0.05, 0.1) is 33.0 Å². The Morgan fingerprint density at radius 2 is 1.57 bits per heavy atom. The summed E-state index contributed by atoms with van der Waals surface area (Å²) in [6.45, 7) is 14.2. The highest BCUT2D eigenvalue weighted by molar-refractivity contribution is 4.80. The molecule has 0 saturated carbocycles. The Morgan fingerprint density at radius 1 is 0.952 bits per heavy atom. The number of unbranched alkanes of at least 4 members (excludes halogenated alkanes) is 1. The van der Waals surface area contributed by atoms with Crippen molar-refractivity contribution in [3.63, 3.8) is 0 Å². The van der Waals surface area contributed by atoms with Gasteiger partial charge in [0.2, 0.25) is 0 Å². The van der Waals surface area contributed by atoms with Crippen LogP contribution in [0.25, 0.3) is 0 Å². The fourth-order valence-corrected chi connectivity index (χ4v) is 2.38. The molecule has 0 radical (unpaired) electrons. The summed E-state index contributed by atoms with van der Waals surface area (Å²) >= 11 is 0. The van der Waals surface area contributed by atoms with Crippen molar-refractivity contribution in [1.82, 2.24) is 10.2 Å². The maximum absolute atomic E-state index is 5.64. The van der Waals surface area contributed by atoms with Gasteiger partial charge in [-0.25, -0.2) is 0 Å². The van der Waals surface area contributed by atoms with Gasteiger partial charge in [-0.3, -0.25) is 4.90 Å². The van der Waals surface area contributed by atoms with Crippen molar-refractivity contribution in [3.05, 3.63) is 0 Å². The summed E-state index contributed by atoms with van der Waals surface area (Å²) in [7, 11) is 0. The zero-order chi connectivity index (χ0) is 15.3. The molecule has 21 heavy (non-hydrogen) atoms. The third kappa shape index (κ3) is 9.42. The molecule has 1 aliphatic heterocycles. The number of nitrogens with one attached hydrogen (secondary N) is 1. The molecule has 0 amide bonds. The van der Waals surface area contributed by atoms with Crippen molar-refractivity contribution in [2.24, 2.45) is 0 Å². The Bertz CT molecular complexity index is 242. The highest BCUT2D eigenvalue weighted by Gasteiger charge is 2.21. The maximum atomic E-state index is 5.64. The van der Waals surface area contributed by atoms with Crippen molar-refractivity contribution in [3.8, 4) is 0 Å². The molecule has 5 nitrogen and oxygen atoms in total. The lowest BCUT2D eigenvalue weighted by Crippen LogP contribution is -2.54. The molecule has 2 atom stereocenters. The number of hydrogen-bond acceptors (Lipinski definition) is 5. The van der Waals surface area contributed by atoms with E-state index in [2.05, 4.69) is 31.0 Å². The van der Waals surface area contributed by atoms with Crippen LogP contribution < -0.4 is 5.32 Å². The van der Waals surface area contributed by atoms with Crippen LogP contribution in [0.15, 0.2) is 0 Å². The molecule has 1 heterocycles. The van der Waals surface area contributed by atoms with Gasteiger partial charge in [0.1, 0.15) is 0 Å². The molecular formula is C16H34N2O3. The third-order valence-electron chi connectivity index (χ3n) is 3.80. The topological polar surface area (TPSA) is 43.0 Å². The van der Waals surface area contributed by atoms with Gasteiger partial charge in [0.25, 0.3) is 0 Å². The van der Waals surface area contributed by atoms with Gasteiger partial charge in [-0.1, -0.05) is 13.3 Å². The molecule has 1 N–H and O–H groups in total. The molecule has 126 valence electrons. The monoisotopic (exact) mass is 302 g/mol. The van der Waals surface area contributed by atoms with Gasteiger partial charge in [0, 0.05) is 38.3 Å². The summed E-state index contributed by atoms with van der Waals surface area (Å²) in [5.74, 6) is 0. The van der Waals surface area contributed by atoms with Crippen LogP contribution in [-0.4, -0.2) is 76.3 Å². The molecule has 0 aromatic carbocycles. The standard InChI is InChI=1S/C16H34N2O3/c1-4-5-7-19-9-11-21-12-10-20-8-6-18-14-15(2)17-13-16(18)3/h15-17H,4-14H2,1-3H3. The van der Waals surface area contributed by atoms with Crippen LogP contribution in [-0.2, 0) is 14.2 Å². The van der Waals surface area contributed by atoms with E-state index in [-0.39, 0.29) is 0 Å². The van der Waals surface area contributed by atoms with Gasteiger partial charge >= 0.3 is 0 Å². The highest BCUT2D eigenvalue weighted by Crippen LogP contribution is 2.05. The van der Waals surface area contributed by atoms with E-state index in [1.807, 2.05) is 0 Å². The fourth-order valence-electron chi connectivity index (χ4n) is 2.38. The van der Waals surface area contributed by atoms with E-state index in [0.717, 1.165) is 39.3 Å². The SMILES string of the molecule is CCCCOCCOCCOCCN1CC(C)NCC1C. The predicted molar refractivity (Wildman–Crippen MR) is 85.9 cm³/mol. The lowest BCUT2D eigenvalue weighted by molar-refractivity contribution is 0.00620. The first kappa shape index (κ1) is 18.8. The molecule has 0 aromatic heterocycles. The number of ether oxygens (including phenoxy) is 3. The maximum Gasteiger partial charge on any atom is 0.0701 e. The third-order valence-corrected chi connectivity index (χ3v) is 3.80. The van der Waals surface area contributed by atoms with Crippen LogP contribution in [0.1, 0.15) is 33.6 Å². The average Bonchev–Trinajstić information content (AvgIpc) is 2.48. The molecule has 2 unspecified atom stereocenters. The van der Waals surface area contributed by atoms with Crippen LogP contribution >= 0.6 is 0 Å². The summed E-state index contributed by atoms with van der Waals surface area (Å²) in [5.41, 5.74) is 0. The minimum absolute atomic E-state index is 0.581. The summed E-state index contributed by atoms with van der Waals surface area (Å²) < 4.78 is 16.5. The largest absolute Gasteiger partial charge is 0.379 e. The normalized spacial score (nSPS) is 23.6. The molecule has 5 heteroatoms. The van der Waals surface area contributed by atoms with E-state index >= 15 is 0 Å². The zero-order valence-electron chi connectivity index (χ0n) is 14.1. The molecule has 0 spiro atoms. The van der Waals surface area contributed by atoms with Crippen LogP contribution in [0, 0.1) is 0 Å². The quantitative estimate of drug-likeness (QED) is 0.554. The first-order valence-corrected chi connectivity index (χ1v) is 8.44. The molecule has 1 rings (SSSR count). The smallest absolute Gasteiger partial charge is 0.0701 e. The highest BCUT2D eigenvalue weighted by atomic mass is 16.5.